The van der Waals surface area contributed by atoms with Crippen molar-refractivity contribution in [3.63, 3.8) is 0 Å². The minimum atomic E-state index is -0.451. The van der Waals surface area contributed by atoms with E-state index < -0.39 is 5.91 Å². The van der Waals surface area contributed by atoms with Gasteiger partial charge in [0.05, 0.1) is 11.0 Å². The first-order valence-electron chi connectivity index (χ1n) is 14.3. The Morgan fingerprint density at radius 2 is 1.56 bits per heavy atom. The molecule has 2 aromatic carbocycles. The van der Waals surface area contributed by atoms with Gasteiger partial charge in [-0.25, -0.2) is 4.98 Å². The highest BCUT2D eigenvalue weighted by Gasteiger charge is 2.25. The van der Waals surface area contributed by atoms with Gasteiger partial charge in [-0.15, -0.1) is 0 Å². The van der Waals surface area contributed by atoms with Crippen LogP contribution in [-0.4, -0.2) is 64.4 Å². The van der Waals surface area contributed by atoms with Crippen LogP contribution in [0.15, 0.2) is 42.5 Å². The molecule has 210 valence electrons. The average molecular weight is 533 g/mol. The van der Waals surface area contributed by atoms with E-state index in [2.05, 4.69) is 49.5 Å². The van der Waals surface area contributed by atoms with Crippen molar-refractivity contribution in [1.29, 1.82) is 0 Å². The second-order valence-electron chi connectivity index (χ2n) is 11.8. The number of hydrogen-bond acceptors (Lipinski definition) is 5. The third kappa shape index (κ3) is 7.18. The molecule has 0 aliphatic carbocycles. The number of nitrogens with two attached hydrogens (primary N) is 1. The first-order chi connectivity index (χ1) is 18.6. The number of nitrogens with zero attached hydrogens (tertiary/aromatic N) is 4. The lowest BCUT2D eigenvalue weighted by Gasteiger charge is -2.31. The van der Waals surface area contributed by atoms with Gasteiger partial charge in [-0.05, 0) is 100 Å². The first-order valence-corrected chi connectivity index (χ1v) is 14.3. The van der Waals surface area contributed by atoms with Gasteiger partial charge in [0.25, 0.3) is 5.91 Å². The number of imidazole rings is 1. The van der Waals surface area contributed by atoms with E-state index in [1.165, 1.54) is 0 Å². The molecule has 3 N–H and O–H groups in total. The van der Waals surface area contributed by atoms with E-state index >= 15 is 0 Å². The number of amides is 2. The third-order valence-corrected chi connectivity index (χ3v) is 7.66. The van der Waals surface area contributed by atoms with Gasteiger partial charge in [0.1, 0.15) is 0 Å². The number of rotatable bonds is 11. The predicted octanol–water partition coefficient (Wildman–Crippen LogP) is 5.68. The number of piperidine rings is 1. The number of benzene rings is 2. The summed E-state index contributed by atoms with van der Waals surface area (Å²) < 4.78 is 2.27. The fourth-order valence-electron chi connectivity index (χ4n) is 5.11. The molecule has 2 amide bonds. The van der Waals surface area contributed by atoms with Crippen LogP contribution in [0.3, 0.4) is 0 Å². The second-order valence-corrected chi connectivity index (χ2v) is 11.8. The molecular formula is C31H44N6O2. The molecule has 0 radical (unpaired) electrons. The highest BCUT2D eigenvalue weighted by Crippen LogP contribution is 2.33. The molecule has 1 saturated heterocycles. The fraction of sp³-hybridized carbons (Fsp3) is 0.516. The first kappa shape index (κ1) is 28.6. The maximum absolute atomic E-state index is 13.8. The fourth-order valence-corrected chi connectivity index (χ4v) is 5.11. The summed E-state index contributed by atoms with van der Waals surface area (Å²) in [4.78, 5) is 34.6. The maximum Gasteiger partial charge on any atom is 0.253 e. The predicted molar refractivity (Wildman–Crippen MR) is 159 cm³/mol. The van der Waals surface area contributed by atoms with Crippen LogP contribution in [0.2, 0.25) is 0 Å². The van der Waals surface area contributed by atoms with Gasteiger partial charge in [-0.3, -0.25) is 9.59 Å². The molecule has 0 spiro atoms. The highest BCUT2D eigenvalue weighted by atomic mass is 16.2. The largest absolute Gasteiger partial charge is 0.366 e. The Balaban J connectivity index is 1.70. The van der Waals surface area contributed by atoms with Gasteiger partial charge >= 0.3 is 0 Å². The number of anilines is 2. The molecule has 0 unspecified atom stereocenters. The Kier molecular flexibility index (Phi) is 9.28. The molecular weight excluding hydrogens is 488 g/mol. The summed E-state index contributed by atoms with van der Waals surface area (Å²) in [5, 5.41) is 3.46. The zero-order chi connectivity index (χ0) is 28.1. The lowest BCUT2D eigenvalue weighted by molar-refractivity contribution is 0.0740. The maximum atomic E-state index is 13.8. The molecule has 2 heterocycles. The quantitative estimate of drug-likeness (QED) is 0.331. The van der Waals surface area contributed by atoms with E-state index in [4.69, 9.17) is 10.7 Å². The smallest absolute Gasteiger partial charge is 0.253 e. The molecule has 8 heteroatoms. The molecule has 8 nitrogen and oxygen atoms in total. The second kappa shape index (κ2) is 12.6. The summed E-state index contributed by atoms with van der Waals surface area (Å²) >= 11 is 0. The Hall–Kier alpha value is -3.39. The van der Waals surface area contributed by atoms with Crippen molar-refractivity contribution in [3.05, 3.63) is 53.6 Å². The van der Waals surface area contributed by atoms with E-state index in [1.54, 1.807) is 12.1 Å². The number of fused-ring (bicyclic) bond motifs is 1. The number of aromatic nitrogens is 2. The number of primary amides is 1. The number of hydrogen-bond donors (Lipinski definition) is 2. The SMILES string of the molecule is CC(C)CCN(CCC(C)C)C(=O)c1ccc2nc(Nc3ccc(C(N)=O)cc3)n(C3CCN(C)CC3)c2c1. The van der Waals surface area contributed by atoms with Crippen LogP contribution >= 0.6 is 0 Å². The van der Waals surface area contributed by atoms with Crippen LogP contribution in [-0.2, 0) is 0 Å². The molecule has 1 aliphatic rings. The Labute approximate surface area is 232 Å². The molecule has 39 heavy (non-hydrogen) atoms. The molecule has 0 bridgehead atoms. The molecule has 4 rings (SSSR count). The van der Waals surface area contributed by atoms with Gasteiger partial charge in [-0.2, -0.15) is 0 Å². The number of carbonyl (C=O) groups excluding carboxylic acids is 2. The number of nitrogens with one attached hydrogen (secondary N) is 1. The van der Waals surface area contributed by atoms with Crippen molar-refractivity contribution in [2.75, 3.05) is 38.5 Å². The van der Waals surface area contributed by atoms with Crippen LogP contribution in [0, 0.1) is 11.8 Å². The van der Waals surface area contributed by atoms with Crippen LogP contribution in [0.4, 0.5) is 11.6 Å². The van der Waals surface area contributed by atoms with E-state index in [9.17, 15) is 9.59 Å². The van der Waals surface area contributed by atoms with Crippen molar-refractivity contribution in [2.24, 2.45) is 17.6 Å². The van der Waals surface area contributed by atoms with Crippen molar-refractivity contribution < 1.29 is 9.59 Å². The van der Waals surface area contributed by atoms with Gasteiger partial charge in [0.15, 0.2) is 0 Å². The summed E-state index contributed by atoms with van der Waals surface area (Å²) in [6.07, 6.45) is 3.99. The zero-order valence-electron chi connectivity index (χ0n) is 24.1. The van der Waals surface area contributed by atoms with Crippen molar-refractivity contribution >= 4 is 34.5 Å². The van der Waals surface area contributed by atoms with E-state index in [0.717, 1.165) is 74.5 Å². The van der Waals surface area contributed by atoms with Gasteiger partial charge in [-0.1, -0.05) is 27.7 Å². The van der Waals surface area contributed by atoms with Gasteiger partial charge < -0.3 is 25.4 Å². The van der Waals surface area contributed by atoms with E-state index in [-0.39, 0.29) is 11.9 Å². The lowest BCUT2D eigenvalue weighted by atomic mass is 10.0. The van der Waals surface area contributed by atoms with Crippen LogP contribution in [0.1, 0.15) is 80.1 Å². The summed E-state index contributed by atoms with van der Waals surface area (Å²) in [5.74, 6) is 1.46. The molecule has 1 fully saturated rings. The highest BCUT2D eigenvalue weighted by molar-refractivity contribution is 5.98. The van der Waals surface area contributed by atoms with Crippen LogP contribution in [0.25, 0.3) is 11.0 Å². The number of likely N-dealkylation sites (tertiary alicyclic amines) is 1. The van der Waals surface area contributed by atoms with E-state index in [1.807, 2.05) is 35.2 Å². The van der Waals surface area contributed by atoms with Gasteiger partial charge in [0, 0.05) is 35.9 Å². The summed E-state index contributed by atoms with van der Waals surface area (Å²) in [5.41, 5.74) is 9.25. The Morgan fingerprint density at radius 1 is 0.974 bits per heavy atom. The zero-order valence-corrected chi connectivity index (χ0v) is 24.1. The van der Waals surface area contributed by atoms with Crippen LogP contribution < -0.4 is 11.1 Å². The van der Waals surface area contributed by atoms with Crippen molar-refractivity contribution in [2.45, 2.75) is 59.4 Å². The van der Waals surface area contributed by atoms with Crippen molar-refractivity contribution in [1.82, 2.24) is 19.4 Å². The van der Waals surface area contributed by atoms with Crippen LogP contribution in [0.5, 0.6) is 0 Å². The molecule has 0 atom stereocenters. The normalized spacial score (nSPS) is 14.8. The summed E-state index contributed by atoms with van der Waals surface area (Å²) in [6.45, 7) is 12.4. The minimum absolute atomic E-state index is 0.0888. The molecule has 1 aliphatic heterocycles. The topological polar surface area (TPSA) is 96.5 Å². The Morgan fingerprint density at radius 3 is 2.13 bits per heavy atom. The molecule has 0 saturated carbocycles. The summed E-state index contributed by atoms with van der Waals surface area (Å²) in [6, 6.07) is 13.3. The van der Waals surface area contributed by atoms with Gasteiger partial charge in [0.2, 0.25) is 11.9 Å². The number of carbonyl (C=O) groups is 2. The lowest BCUT2D eigenvalue weighted by Crippen LogP contribution is -2.34. The van der Waals surface area contributed by atoms with Crippen molar-refractivity contribution in [3.8, 4) is 0 Å². The molecule has 3 aromatic rings. The minimum Gasteiger partial charge on any atom is -0.366 e. The average Bonchev–Trinajstić information content (AvgIpc) is 3.25. The standard InChI is InChI=1S/C31H44N6O2/c1-21(2)12-18-36(19-13-22(3)4)30(39)24-8-11-27-28(20-24)37(26-14-16-35(5)17-15-26)31(34-27)33-25-9-6-23(7-10-25)29(32)38/h6-11,20-22,26H,12-19H2,1-5H3,(H2,32,38)(H,33,34). The summed E-state index contributed by atoms with van der Waals surface area (Å²) in [7, 11) is 2.15. The monoisotopic (exact) mass is 532 g/mol. The molecule has 1 aromatic heterocycles. The third-order valence-electron chi connectivity index (χ3n) is 7.66. The Bertz CT molecular complexity index is 1260. The van der Waals surface area contributed by atoms with E-state index in [0.29, 0.717) is 23.0 Å².